The number of halogens is 5. The number of carbonyl (C=O) groups excluding carboxylic acids is 1. The van der Waals surface area contributed by atoms with Gasteiger partial charge in [-0.1, -0.05) is 12.8 Å². The van der Waals surface area contributed by atoms with E-state index in [1.165, 1.54) is 0 Å². The molecule has 0 aromatic heterocycles. The van der Waals surface area contributed by atoms with Crippen LogP contribution in [-0.4, -0.2) is 17.0 Å². The zero-order valence-corrected chi connectivity index (χ0v) is 12.1. The van der Waals surface area contributed by atoms with E-state index in [0.29, 0.717) is 6.42 Å². The van der Waals surface area contributed by atoms with Crippen LogP contribution in [0.3, 0.4) is 0 Å². The zero-order chi connectivity index (χ0) is 16.7. The summed E-state index contributed by atoms with van der Waals surface area (Å²) in [6.07, 6.45) is 3.74. The second-order valence-corrected chi connectivity index (χ2v) is 5.86. The molecule has 2 fully saturated rings. The van der Waals surface area contributed by atoms with Crippen molar-refractivity contribution in [2.45, 2.75) is 44.8 Å². The van der Waals surface area contributed by atoms with E-state index in [-0.39, 0.29) is 24.3 Å². The molecular formula is C15H14F5NO2. The fraction of sp³-hybridized carbons (Fsp3) is 0.533. The van der Waals surface area contributed by atoms with E-state index in [2.05, 4.69) is 0 Å². The summed E-state index contributed by atoms with van der Waals surface area (Å²) >= 11 is 0. The molecule has 0 radical (unpaired) electrons. The molecule has 1 aliphatic heterocycles. The van der Waals surface area contributed by atoms with Crippen LogP contribution < -0.4 is 0 Å². The Hall–Kier alpha value is -1.70. The summed E-state index contributed by atoms with van der Waals surface area (Å²) in [6.45, 7) is -0.888. The van der Waals surface area contributed by atoms with Gasteiger partial charge < -0.3 is 0 Å². The van der Waals surface area contributed by atoms with Crippen molar-refractivity contribution >= 4 is 5.91 Å². The van der Waals surface area contributed by atoms with Crippen molar-refractivity contribution in [1.82, 2.24) is 5.06 Å². The lowest BCUT2D eigenvalue weighted by atomic mass is 9.85. The molecule has 1 amide bonds. The van der Waals surface area contributed by atoms with Crippen LogP contribution in [0.2, 0.25) is 0 Å². The number of benzene rings is 1. The third kappa shape index (κ3) is 2.69. The summed E-state index contributed by atoms with van der Waals surface area (Å²) in [5, 5.41) is 1.04. The number of fused-ring (bicyclic) bond motifs is 1. The molecule has 8 heteroatoms. The van der Waals surface area contributed by atoms with E-state index < -0.39 is 41.3 Å². The molecule has 1 saturated carbocycles. The van der Waals surface area contributed by atoms with Gasteiger partial charge in [0.1, 0.15) is 6.61 Å². The van der Waals surface area contributed by atoms with Crippen LogP contribution in [0.5, 0.6) is 0 Å². The quantitative estimate of drug-likeness (QED) is 0.480. The monoisotopic (exact) mass is 335 g/mol. The number of nitrogens with zero attached hydrogens (tertiary/aromatic N) is 1. The van der Waals surface area contributed by atoms with Crippen LogP contribution in [0.25, 0.3) is 0 Å². The third-order valence-electron chi connectivity index (χ3n) is 4.50. The van der Waals surface area contributed by atoms with Gasteiger partial charge >= 0.3 is 0 Å². The third-order valence-corrected chi connectivity index (χ3v) is 4.50. The van der Waals surface area contributed by atoms with E-state index in [1.54, 1.807) is 0 Å². The molecule has 1 aromatic carbocycles. The highest BCUT2D eigenvalue weighted by Gasteiger charge is 2.42. The molecular weight excluding hydrogens is 321 g/mol. The number of rotatable bonds is 3. The van der Waals surface area contributed by atoms with Gasteiger partial charge in [-0.25, -0.2) is 27.0 Å². The molecule has 2 atom stereocenters. The number of hydroxylamine groups is 2. The van der Waals surface area contributed by atoms with Gasteiger partial charge in [0.05, 0.1) is 11.6 Å². The molecule has 0 N–H and O–H groups in total. The van der Waals surface area contributed by atoms with Crippen molar-refractivity contribution in [2.75, 3.05) is 0 Å². The molecule has 23 heavy (non-hydrogen) atoms. The summed E-state index contributed by atoms with van der Waals surface area (Å²) in [7, 11) is 0. The minimum Gasteiger partial charge on any atom is -0.273 e. The van der Waals surface area contributed by atoms with Gasteiger partial charge in [-0.05, 0) is 18.8 Å². The first-order valence-electron chi connectivity index (χ1n) is 7.37. The lowest BCUT2D eigenvalue weighted by molar-refractivity contribution is -0.199. The van der Waals surface area contributed by atoms with Crippen molar-refractivity contribution < 1.29 is 31.6 Å². The first-order valence-corrected chi connectivity index (χ1v) is 7.37. The molecule has 0 spiro atoms. The zero-order valence-electron chi connectivity index (χ0n) is 12.1. The maximum absolute atomic E-state index is 13.6. The van der Waals surface area contributed by atoms with Gasteiger partial charge in [-0.15, -0.1) is 0 Å². The van der Waals surface area contributed by atoms with Gasteiger partial charge in [0.2, 0.25) is 11.7 Å². The van der Waals surface area contributed by atoms with Crippen LogP contribution in [0.1, 0.15) is 37.7 Å². The van der Waals surface area contributed by atoms with Crippen molar-refractivity contribution in [2.24, 2.45) is 5.92 Å². The maximum atomic E-state index is 13.6. The summed E-state index contributed by atoms with van der Waals surface area (Å²) in [6, 6.07) is -0.197. The first kappa shape index (κ1) is 16.2. The summed E-state index contributed by atoms with van der Waals surface area (Å²) < 4.78 is 66.5. The SMILES string of the molecule is O=C1CC2CCCCC2N1OCc1c(F)c(F)c(F)c(F)c1F. The minimum atomic E-state index is -2.21. The fourth-order valence-corrected chi connectivity index (χ4v) is 3.31. The Kier molecular flexibility index (Phi) is 4.27. The van der Waals surface area contributed by atoms with E-state index in [9.17, 15) is 26.7 Å². The molecule has 1 saturated heterocycles. The standard InChI is InChI=1S/C15H14F5NO2/c16-11-8(12(17)14(19)15(20)13(11)18)6-23-21-9-4-2-1-3-7(9)5-10(21)22/h7,9H,1-6H2. The van der Waals surface area contributed by atoms with Crippen molar-refractivity contribution in [3.63, 3.8) is 0 Å². The Morgan fingerprint density at radius 2 is 1.48 bits per heavy atom. The van der Waals surface area contributed by atoms with Crippen LogP contribution in [0.4, 0.5) is 22.0 Å². The second-order valence-electron chi connectivity index (χ2n) is 5.86. The average Bonchev–Trinajstić information content (AvgIpc) is 2.87. The number of carbonyl (C=O) groups is 1. The van der Waals surface area contributed by atoms with E-state index >= 15 is 0 Å². The van der Waals surface area contributed by atoms with Crippen LogP contribution in [0, 0.1) is 35.0 Å². The van der Waals surface area contributed by atoms with Crippen molar-refractivity contribution in [3.05, 3.63) is 34.6 Å². The molecule has 1 heterocycles. The summed E-state index contributed by atoms with van der Waals surface area (Å²) in [5.41, 5.74) is -1.08. The summed E-state index contributed by atoms with van der Waals surface area (Å²) in [5.74, 6) is -10.3. The molecule has 1 aliphatic carbocycles. The second kappa shape index (κ2) is 6.07. The smallest absolute Gasteiger partial charge is 0.246 e. The number of hydrogen-bond acceptors (Lipinski definition) is 2. The van der Waals surface area contributed by atoms with Gasteiger partial charge in [0.25, 0.3) is 0 Å². The fourth-order valence-electron chi connectivity index (χ4n) is 3.31. The number of hydrogen-bond donors (Lipinski definition) is 0. The highest BCUT2D eigenvalue weighted by molar-refractivity contribution is 5.78. The van der Waals surface area contributed by atoms with Gasteiger partial charge in [0.15, 0.2) is 23.3 Å². The van der Waals surface area contributed by atoms with E-state index in [4.69, 9.17) is 4.84 Å². The maximum Gasteiger partial charge on any atom is 0.246 e. The molecule has 2 aliphatic rings. The number of amides is 1. The van der Waals surface area contributed by atoms with Gasteiger partial charge in [0, 0.05) is 6.42 Å². The van der Waals surface area contributed by atoms with E-state index in [1.807, 2.05) is 0 Å². The first-order chi connectivity index (χ1) is 10.9. The molecule has 1 aromatic rings. The normalized spacial score (nSPS) is 24.2. The van der Waals surface area contributed by atoms with Gasteiger partial charge in [-0.2, -0.15) is 0 Å². The Morgan fingerprint density at radius 3 is 2.13 bits per heavy atom. The van der Waals surface area contributed by atoms with Crippen LogP contribution >= 0.6 is 0 Å². The molecule has 3 rings (SSSR count). The topological polar surface area (TPSA) is 29.5 Å². The largest absolute Gasteiger partial charge is 0.273 e. The van der Waals surface area contributed by atoms with Gasteiger partial charge in [-0.3, -0.25) is 9.63 Å². The van der Waals surface area contributed by atoms with Crippen LogP contribution in [-0.2, 0) is 16.2 Å². The van der Waals surface area contributed by atoms with E-state index in [0.717, 1.165) is 24.3 Å². The van der Waals surface area contributed by atoms with Crippen molar-refractivity contribution in [3.8, 4) is 0 Å². The molecule has 3 nitrogen and oxygen atoms in total. The predicted octanol–water partition coefficient (Wildman–Crippen LogP) is 3.60. The Balaban J connectivity index is 1.80. The average molecular weight is 335 g/mol. The molecule has 2 unspecified atom stereocenters. The highest BCUT2D eigenvalue weighted by atomic mass is 19.2. The highest BCUT2D eigenvalue weighted by Crippen LogP contribution is 2.37. The Bertz CT molecular complexity index is 622. The Labute approximate surface area is 129 Å². The lowest BCUT2D eigenvalue weighted by Gasteiger charge is -2.30. The predicted molar refractivity (Wildman–Crippen MR) is 68.2 cm³/mol. The minimum absolute atomic E-state index is 0.118. The Morgan fingerprint density at radius 1 is 0.913 bits per heavy atom. The van der Waals surface area contributed by atoms with Crippen molar-refractivity contribution in [1.29, 1.82) is 0 Å². The summed E-state index contributed by atoms with van der Waals surface area (Å²) in [4.78, 5) is 17.1. The van der Waals surface area contributed by atoms with Crippen LogP contribution in [0.15, 0.2) is 0 Å². The molecule has 0 bridgehead atoms. The lowest BCUT2D eigenvalue weighted by Crippen LogP contribution is -2.36. The molecule has 126 valence electrons.